The number of aryl methyl sites for hydroxylation is 1. The summed E-state index contributed by atoms with van der Waals surface area (Å²) in [6.07, 6.45) is 2.69. The number of nitrogens with one attached hydrogen (secondary N) is 1. The van der Waals surface area contributed by atoms with Crippen LogP contribution in [0.15, 0.2) is 24.3 Å². The molecule has 0 aliphatic heterocycles. The molecule has 2 aromatic rings. The van der Waals surface area contributed by atoms with E-state index in [1.165, 1.54) is 35.2 Å². The molecule has 0 atom stereocenters. The zero-order valence-electron chi connectivity index (χ0n) is 12.6. The standard InChI is InChI=1S/C17H23N3/c1-12-13(2)19-20(14(12)3)11-16-6-4-15(5-7-16)10-18-17-8-9-17/h4-7,17-18H,8-11H2,1-3H3. The third-order valence-electron chi connectivity index (χ3n) is 4.27. The summed E-state index contributed by atoms with van der Waals surface area (Å²) in [5.74, 6) is 0. The van der Waals surface area contributed by atoms with Crippen molar-refractivity contribution in [1.29, 1.82) is 0 Å². The van der Waals surface area contributed by atoms with Gasteiger partial charge >= 0.3 is 0 Å². The fourth-order valence-electron chi connectivity index (χ4n) is 2.43. The van der Waals surface area contributed by atoms with Gasteiger partial charge in [0.15, 0.2) is 0 Å². The van der Waals surface area contributed by atoms with E-state index in [2.05, 4.69) is 60.1 Å². The zero-order valence-corrected chi connectivity index (χ0v) is 12.6. The molecule has 3 nitrogen and oxygen atoms in total. The molecule has 1 fully saturated rings. The maximum Gasteiger partial charge on any atom is 0.0662 e. The average molecular weight is 269 g/mol. The van der Waals surface area contributed by atoms with Crippen LogP contribution in [0.1, 0.15) is 40.9 Å². The van der Waals surface area contributed by atoms with Gasteiger partial charge in [0.05, 0.1) is 12.2 Å². The van der Waals surface area contributed by atoms with Crippen molar-refractivity contribution in [3.8, 4) is 0 Å². The van der Waals surface area contributed by atoms with Gasteiger partial charge < -0.3 is 5.32 Å². The number of hydrogen-bond acceptors (Lipinski definition) is 2. The number of hydrogen-bond donors (Lipinski definition) is 1. The van der Waals surface area contributed by atoms with E-state index in [1.54, 1.807) is 0 Å². The topological polar surface area (TPSA) is 29.9 Å². The summed E-state index contributed by atoms with van der Waals surface area (Å²) in [6.45, 7) is 8.20. The highest BCUT2D eigenvalue weighted by Gasteiger charge is 2.19. The summed E-state index contributed by atoms with van der Waals surface area (Å²) in [5.41, 5.74) is 6.38. The Bertz CT molecular complexity index is 591. The summed E-state index contributed by atoms with van der Waals surface area (Å²) in [6, 6.07) is 9.66. The van der Waals surface area contributed by atoms with E-state index in [-0.39, 0.29) is 0 Å². The molecule has 0 amide bonds. The molecule has 20 heavy (non-hydrogen) atoms. The number of aromatic nitrogens is 2. The molecule has 1 saturated carbocycles. The van der Waals surface area contributed by atoms with Crippen LogP contribution < -0.4 is 5.32 Å². The van der Waals surface area contributed by atoms with Crippen LogP contribution in [0, 0.1) is 20.8 Å². The lowest BCUT2D eigenvalue weighted by molar-refractivity contribution is 0.657. The molecule has 1 heterocycles. The molecule has 0 unspecified atom stereocenters. The van der Waals surface area contributed by atoms with Crippen LogP contribution >= 0.6 is 0 Å². The molecule has 3 rings (SSSR count). The van der Waals surface area contributed by atoms with Crippen molar-refractivity contribution in [3.05, 3.63) is 52.3 Å². The van der Waals surface area contributed by atoms with Crippen molar-refractivity contribution in [2.24, 2.45) is 0 Å². The summed E-state index contributed by atoms with van der Waals surface area (Å²) < 4.78 is 2.10. The summed E-state index contributed by atoms with van der Waals surface area (Å²) >= 11 is 0. The van der Waals surface area contributed by atoms with Gasteiger partial charge in [0.1, 0.15) is 0 Å². The predicted molar refractivity (Wildman–Crippen MR) is 81.8 cm³/mol. The first-order chi connectivity index (χ1) is 9.63. The van der Waals surface area contributed by atoms with Gasteiger partial charge in [0.25, 0.3) is 0 Å². The molecule has 106 valence electrons. The Morgan fingerprint density at radius 2 is 1.75 bits per heavy atom. The Morgan fingerprint density at radius 1 is 1.10 bits per heavy atom. The third kappa shape index (κ3) is 2.93. The second-order valence-corrected chi connectivity index (χ2v) is 5.93. The number of benzene rings is 1. The quantitative estimate of drug-likeness (QED) is 0.904. The first kappa shape index (κ1) is 13.4. The van der Waals surface area contributed by atoms with E-state index in [9.17, 15) is 0 Å². The molecular formula is C17H23N3. The zero-order chi connectivity index (χ0) is 14.1. The van der Waals surface area contributed by atoms with Gasteiger partial charge in [-0.15, -0.1) is 0 Å². The van der Waals surface area contributed by atoms with Gasteiger partial charge in [0.2, 0.25) is 0 Å². The highest BCUT2D eigenvalue weighted by molar-refractivity contribution is 5.26. The molecule has 1 aromatic carbocycles. The molecule has 1 aliphatic carbocycles. The Kier molecular flexibility index (Phi) is 3.62. The van der Waals surface area contributed by atoms with Crippen molar-refractivity contribution in [3.63, 3.8) is 0 Å². The minimum atomic E-state index is 0.771. The van der Waals surface area contributed by atoms with Crippen LogP contribution in [0.4, 0.5) is 0 Å². The first-order valence-corrected chi connectivity index (χ1v) is 7.45. The largest absolute Gasteiger partial charge is 0.310 e. The third-order valence-corrected chi connectivity index (χ3v) is 4.27. The van der Waals surface area contributed by atoms with Crippen molar-refractivity contribution < 1.29 is 0 Å². The minimum absolute atomic E-state index is 0.771. The van der Waals surface area contributed by atoms with Gasteiger partial charge in [-0.05, 0) is 50.3 Å². The number of nitrogens with zero attached hydrogens (tertiary/aromatic N) is 2. The average Bonchev–Trinajstić information content (AvgIpc) is 3.24. The fraction of sp³-hybridized carbons (Fsp3) is 0.471. The van der Waals surface area contributed by atoms with Crippen molar-refractivity contribution >= 4 is 0 Å². The van der Waals surface area contributed by atoms with Gasteiger partial charge in [-0.3, -0.25) is 4.68 Å². The fourth-order valence-corrected chi connectivity index (χ4v) is 2.43. The molecule has 0 bridgehead atoms. The van der Waals surface area contributed by atoms with Gasteiger partial charge in [-0.1, -0.05) is 24.3 Å². The van der Waals surface area contributed by atoms with Crippen LogP contribution in [0.5, 0.6) is 0 Å². The monoisotopic (exact) mass is 269 g/mol. The van der Waals surface area contributed by atoms with Crippen LogP contribution in [0.3, 0.4) is 0 Å². The summed E-state index contributed by atoms with van der Waals surface area (Å²) in [7, 11) is 0. The van der Waals surface area contributed by atoms with Gasteiger partial charge in [-0.25, -0.2) is 0 Å². The predicted octanol–water partition coefficient (Wildman–Crippen LogP) is 3.11. The molecule has 0 radical (unpaired) electrons. The number of rotatable bonds is 5. The highest BCUT2D eigenvalue weighted by Crippen LogP contribution is 2.19. The van der Waals surface area contributed by atoms with E-state index in [0.29, 0.717) is 0 Å². The molecule has 1 N–H and O–H groups in total. The van der Waals surface area contributed by atoms with E-state index < -0.39 is 0 Å². The van der Waals surface area contributed by atoms with Crippen LogP contribution in [-0.4, -0.2) is 15.8 Å². The van der Waals surface area contributed by atoms with E-state index >= 15 is 0 Å². The maximum absolute atomic E-state index is 4.60. The van der Waals surface area contributed by atoms with Crippen molar-refractivity contribution in [1.82, 2.24) is 15.1 Å². The maximum atomic E-state index is 4.60. The summed E-state index contributed by atoms with van der Waals surface area (Å²) in [5, 5.41) is 8.14. The lowest BCUT2D eigenvalue weighted by Gasteiger charge is -2.07. The van der Waals surface area contributed by atoms with Gasteiger partial charge in [-0.2, -0.15) is 5.10 Å². The second kappa shape index (κ2) is 5.41. The van der Waals surface area contributed by atoms with E-state index in [1.807, 2.05) is 0 Å². The Hall–Kier alpha value is -1.61. The highest BCUT2D eigenvalue weighted by atomic mass is 15.3. The van der Waals surface area contributed by atoms with E-state index in [4.69, 9.17) is 0 Å². The van der Waals surface area contributed by atoms with Crippen molar-refractivity contribution in [2.75, 3.05) is 0 Å². The minimum Gasteiger partial charge on any atom is -0.310 e. The Morgan fingerprint density at radius 3 is 2.30 bits per heavy atom. The van der Waals surface area contributed by atoms with Crippen molar-refractivity contribution in [2.45, 2.75) is 52.7 Å². The smallest absolute Gasteiger partial charge is 0.0662 e. The lowest BCUT2D eigenvalue weighted by Crippen LogP contribution is -2.15. The normalized spacial score (nSPS) is 14.8. The molecular weight excluding hydrogens is 246 g/mol. The van der Waals surface area contributed by atoms with Crippen LogP contribution in [0.25, 0.3) is 0 Å². The molecule has 0 spiro atoms. The van der Waals surface area contributed by atoms with Gasteiger partial charge in [0, 0.05) is 18.3 Å². The van der Waals surface area contributed by atoms with Crippen LogP contribution in [0.2, 0.25) is 0 Å². The molecule has 1 aliphatic rings. The second-order valence-electron chi connectivity index (χ2n) is 5.93. The summed E-state index contributed by atoms with van der Waals surface area (Å²) in [4.78, 5) is 0. The molecule has 0 saturated heterocycles. The first-order valence-electron chi connectivity index (χ1n) is 7.45. The Balaban J connectivity index is 1.66. The SMILES string of the molecule is Cc1nn(Cc2ccc(CNC3CC3)cc2)c(C)c1C. The van der Waals surface area contributed by atoms with E-state index in [0.717, 1.165) is 24.8 Å². The Labute approximate surface area is 121 Å². The molecule has 3 heteroatoms. The molecule has 1 aromatic heterocycles. The van der Waals surface area contributed by atoms with Crippen LogP contribution in [-0.2, 0) is 13.1 Å². The lowest BCUT2D eigenvalue weighted by atomic mass is 10.1.